The number of rotatable bonds is 1. The summed E-state index contributed by atoms with van der Waals surface area (Å²) in [6, 6.07) is 0.272. The predicted octanol–water partition coefficient (Wildman–Crippen LogP) is -0.744. The van der Waals surface area contributed by atoms with E-state index in [2.05, 4.69) is 4.90 Å². The highest BCUT2D eigenvalue weighted by Gasteiger charge is 2.34. The van der Waals surface area contributed by atoms with Crippen LogP contribution in [0.4, 0.5) is 0 Å². The molecule has 0 bridgehead atoms. The summed E-state index contributed by atoms with van der Waals surface area (Å²) in [5, 5.41) is 9.51. The summed E-state index contributed by atoms with van der Waals surface area (Å²) < 4.78 is 0. The van der Waals surface area contributed by atoms with Crippen molar-refractivity contribution in [2.24, 2.45) is 11.7 Å². The number of aliphatic hydroxyl groups excluding tert-OH is 1. The Morgan fingerprint density at radius 1 is 1.70 bits per heavy atom. The van der Waals surface area contributed by atoms with E-state index in [9.17, 15) is 5.11 Å². The molecule has 60 valence electrons. The third-order valence-electron chi connectivity index (χ3n) is 2.50. The molecular formula is C7H16N2O. The molecular weight excluding hydrogens is 128 g/mol. The van der Waals surface area contributed by atoms with Gasteiger partial charge in [0.2, 0.25) is 0 Å². The molecule has 0 aliphatic carbocycles. The molecule has 0 aromatic rings. The van der Waals surface area contributed by atoms with Gasteiger partial charge in [-0.1, -0.05) is 0 Å². The molecule has 0 aromatic heterocycles. The highest BCUT2D eigenvalue weighted by molar-refractivity contribution is 4.88. The van der Waals surface area contributed by atoms with Crippen molar-refractivity contribution in [1.29, 1.82) is 0 Å². The summed E-state index contributed by atoms with van der Waals surface area (Å²) in [5.74, 6) is 0.278. The standard InChI is InChI=1S/C7H16N2O/c1-5-7(10)6(3-8)4-9(5)2/h5-7,10H,3-4,8H2,1-2H3. The summed E-state index contributed by atoms with van der Waals surface area (Å²) in [5.41, 5.74) is 5.46. The molecule has 1 rings (SSSR count). The molecule has 3 N–H and O–H groups in total. The highest BCUT2D eigenvalue weighted by atomic mass is 16.3. The van der Waals surface area contributed by atoms with Crippen LogP contribution < -0.4 is 5.73 Å². The van der Waals surface area contributed by atoms with Gasteiger partial charge >= 0.3 is 0 Å². The van der Waals surface area contributed by atoms with Crippen molar-refractivity contribution in [1.82, 2.24) is 4.90 Å². The van der Waals surface area contributed by atoms with Crippen LogP contribution in [0.25, 0.3) is 0 Å². The van der Waals surface area contributed by atoms with E-state index in [4.69, 9.17) is 5.73 Å². The highest BCUT2D eigenvalue weighted by Crippen LogP contribution is 2.20. The van der Waals surface area contributed by atoms with Crippen molar-refractivity contribution in [3.63, 3.8) is 0 Å². The van der Waals surface area contributed by atoms with E-state index in [1.165, 1.54) is 0 Å². The number of likely N-dealkylation sites (N-methyl/N-ethyl adjacent to an activating group) is 1. The smallest absolute Gasteiger partial charge is 0.0744 e. The molecule has 1 aliphatic rings. The fourth-order valence-corrected chi connectivity index (χ4v) is 1.51. The van der Waals surface area contributed by atoms with Crippen molar-refractivity contribution in [2.45, 2.75) is 19.1 Å². The maximum Gasteiger partial charge on any atom is 0.0744 e. The van der Waals surface area contributed by atoms with Crippen LogP contribution >= 0.6 is 0 Å². The molecule has 1 aliphatic heterocycles. The van der Waals surface area contributed by atoms with Gasteiger partial charge in [-0.2, -0.15) is 0 Å². The number of hydrogen-bond acceptors (Lipinski definition) is 3. The van der Waals surface area contributed by atoms with E-state index in [0.717, 1.165) is 6.54 Å². The Kier molecular flexibility index (Phi) is 2.28. The van der Waals surface area contributed by atoms with Crippen LogP contribution in [0.1, 0.15) is 6.92 Å². The van der Waals surface area contributed by atoms with Crippen molar-refractivity contribution >= 4 is 0 Å². The van der Waals surface area contributed by atoms with Gasteiger partial charge in [0.1, 0.15) is 0 Å². The lowest BCUT2D eigenvalue weighted by Crippen LogP contribution is -2.31. The summed E-state index contributed by atoms with van der Waals surface area (Å²) in [6.07, 6.45) is -0.227. The lowest BCUT2D eigenvalue weighted by Gasteiger charge is -2.16. The fourth-order valence-electron chi connectivity index (χ4n) is 1.51. The van der Waals surface area contributed by atoms with Gasteiger partial charge in [-0.15, -0.1) is 0 Å². The third-order valence-corrected chi connectivity index (χ3v) is 2.50. The van der Waals surface area contributed by atoms with Crippen LogP contribution in [0, 0.1) is 5.92 Å². The zero-order valence-electron chi connectivity index (χ0n) is 6.62. The molecule has 3 heteroatoms. The van der Waals surface area contributed by atoms with E-state index in [0.29, 0.717) is 6.54 Å². The van der Waals surface area contributed by atoms with E-state index in [-0.39, 0.29) is 18.1 Å². The molecule has 3 atom stereocenters. The Hall–Kier alpha value is -0.120. The Labute approximate surface area is 61.8 Å². The van der Waals surface area contributed by atoms with Crippen LogP contribution in [0.2, 0.25) is 0 Å². The van der Waals surface area contributed by atoms with Crippen molar-refractivity contribution in [3.05, 3.63) is 0 Å². The van der Waals surface area contributed by atoms with Crippen LogP contribution in [0.15, 0.2) is 0 Å². The second-order valence-electron chi connectivity index (χ2n) is 3.17. The van der Waals surface area contributed by atoms with Crippen LogP contribution in [-0.2, 0) is 0 Å². The van der Waals surface area contributed by atoms with Gasteiger partial charge in [-0.3, -0.25) is 0 Å². The number of aliphatic hydroxyl groups is 1. The second kappa shape index (κ2) is 2.86. The molecule has 10 heavy (non-hydrogen) atoms. The maximum absolute atomic E-state index is 9.51. The van der Waals surface area contributed by atoms with Gasteiger partial charge in [0, 0.05) is 18.5 Å². The first-order chi connectivity index (χ1) is 4.66. The van der Waals surface area contributed by atoms with Crippen LogP contribution in [-0.4, -0.2) is 42.3 Å². The van der Waals surface area contributed by atoms with Crippen LogP contribution in [0.5, 0.6) is 0 Å². The zero-order valence-corrected chi connectivity index (χ0v) is 6.62. The first-order valence-corrected chi connectivity index (χ1v) is 3.75. The quantitative estimate of drug-likeness (QED) is 0.509. The molecule has 3 unspecified atom stereocenters. The Morgan fingerprint density at radius 2 is 2.30 bits per heavy atom. The summed E-state index contributed by atoms with van der Waals surface area (Å²) >= 11 is 0. The average molecular weight is 144 g/mol. The summed E-state index contributed by atoms with van der Waals surface area (Å²) in [6.45, 7) is 3.55. The van der Waals surface area contributed by atoms with Gasteiger partial charge in [0.25, 0.3) is 0 Å². The van der Waals surface area contributed by atoms with Gasteiger partial charge in [0.05, 0.1) is 6.10 Å². The predicted molar refractivity (Wildman–Crippen MR) is 40.6 cm³/mol. The van der Waals surface area contributed by atoms with Crippen molar-refractivity contribution in [3.8, 4) is 0 Å². The zero-order chi connectivity index (χ0) is 7.72. The Balaban J connectivity index is 2.53. The minimum atomic E-state index is -0.227. The average Bonchev–Trinajstić information content (AvgIpc) is 2.17. The molecule has 0 amide bonds. The maximum atomic E-state index is 9.51. The lowest BCUT2D eigenvalue weighted by atomic mass is 10.0. The monoisotopic (exact) mass is 144 g/mol. The molecule has 3 nitrogen and oxygen atoms in total. The first-order valence-electron chi connectivity index (χ1n) is 3.75. The van der Waals surface area contributed by atoms with E-state index >= 15 is 0 Å². The molecule has 1 heterocycles. The van der Waals surface area contributed by atoms with E-state index in [1.807, 2.05) is 14.0 Å². The second-order valence-corrected chi connectivity index (χ2v) is 3.17. The number of hydrogen-bond donors (Lipinski definition) is 2. The molecule has 1 saturated heterocycles. The topological polar surface area (TPSA) is 49.5 Å². The fraction of sp³-hybridized carbons (Fsp3) is 1.00. The van der Waals surface area contributed by atoms with Crippen molar-refractivity contribution < 1.29 is 5.11 Å². The molecule has 1 fully saturated rings. The van der Waals surface area contributed by atoms with Crippen LogP contribution in [0.3, 0.4) is 0 Å². The van der Waals surface area contributed by atoms with E-state index in [1.54, 1.807) is 0 Å². The number of likely N-dealkylation sites (tertiary alicyclic amines) is 1. The number of nitrogens with zero attached hydrogens (tertiary/aromatic N) is 1. The van der Waals surface area contributed by atoms with Gasteiger partial charge in [-0.05, 0) is 20.5 Å². The molecule has 0 saturated carbocycles. The minimum Gasteiger partial charge on any atom is -0.391 e. The summed E-state index contributed by atoms with van der Waals surface area (Å²) in [7, 11) is 2.02. The van der Waals surface area contributed by atoms with Crippen molar-refractivity contribution in [2.75, 3.05) is 20.1 Å². The third kappa shape index (κ3) is 1.17. The summed E-state index contributed by atoms with van der Waals surface area (Å²) in [4.78, 5) is 2.14. The Morgan fingerprint density at radius 3 is 2.50 bits per heavy atom. The minimum absolute atomic E-state index is 0.227. The lowest BCUT2D eigenvalue weighted by molar-refractivity contribution is 0.111. The largest absolute Gasteiger partial charge is 0.391 e. The van der Waals surface area contributed by atoms with Gasteiger partial charge in [-0.25, -0.2) is 0 Å². The molecule has 0 aromatic carbocycles. The van der Waals surface area contributed by atoms with Gasteiger partial charge < -0.3 is 15.7 Å². The first kappa shape index (κ1) is 7.98. The number of nitrogens with two attached hydrogens (primary N) is 1. The SMILES string of the molecule is CC1C(O)C(CN)CN1C. The van der Waals surface area contributed by atoms with Gasteiger partial charge in [0.15, 0.2) is 0 Å². The normalized spacial score (nSPS) is 42.6. The Bertz CT molecular complexity index is 118. The van der Waals surface area contributed by atoms with E-state index < -0.39 is 0 Å². The molecule has 0 radical (unpaired) electrons. The molecule has 0 spiro atoms.